The Kier molecular flexibility index (Phi) is 9.08. The van der Waals surface area contributed by atoms with Crippen molar-refractivity contribution in [3.63, 3.8) is 0 Å². The van der Waals surface area contributed by atoms with Gasteiger partial charge in [-0.1, -0.05) is 36.4 Å². The average Bonchev–Trinajstić information content (AvgIpc) is 3.36. The SMILES string of the molecule is COCCCn1c([C@@H]2CCCN(C(=O)C[C@H](N)Cc3ccc(-c4ccncc4OC)cc3)C2)nc2ccccc21. The van der Waals surface area contributed by atoms with Crippen LogP contribution in [0, 0.1) is 0 Å². The van der Waals surface area contributed by atoms with Crippen LogP contribution in [-0.2, 0) is 22.5 Å². The number of methoxy groups -OCH3 is 2. The standard InChI is InChI=1S/C32H39N5O3/c1-39-18-6-17-37-29-9-4-3-8-28(29)35-32(37)25-7-5-16-36(22-25)31(38)20-26(33)19-23-10-12-24(13-11-23)27-14-15-34-21-30(27)40-2/h3-4,8-15,21,25-26H,5-7,16-20,22,33H2,1-2H3/t25-,26-/m1/s1. The number of amides is 1. The molecule has 210 valence electrons. The van der Waals surface area contributed by atoms with E-state index in [0.717, 1.165) is 71.6 Å². The average molecular weight is 542 g/mol. The Morgan fingerprint density at radius 2 is 1.95 bits per heavy atom. The molecule has 0 radical (unpaired) electrons. The summed E-state index contributed by atoms with van der Waals surface area (Å²) in [5.74, 6) is 2.15. The first kappa shape index (κ1) is 27.8. The molecule has 40 heavy (non-hydrogen) atoms. The predicted octanol–water partition coefficient (Wildman–Crippen LogP) is 4.81. The second-order valence-electron chi connectivity index (χ2n) is 10.6. The number of imidazole rings is 1. The third-order valence-electron chi connectivity index (χ3n) is 7.76. The predicted molar refractivity (Wildman–Crippen MR) is 157 cm³/mol. The maximum Gasteiger partial charge on any atom is 0.224 e. The summed E-state index contributed by atoms with van der Waals surface area (Å²) in [5, 5.41) is 0. The van der Waals surface area contributed by atoms with Crippen molar-refractivity contribution in [3.8, 4) is 16.9 Å². The van der Waals surface area contributed by atoms with Crippen LogP contribution in [0.4, 0.5) is 0 Å². The van der Waals surface area contributed by atoms with Crippen LogP contribution in [0.1, 0.15) is 43.0 Å². The number of nitrogens with two attached hydrogens (primary N) is 1. The van der Waals surface area contributed by atoms with Crippen molar-refractivity contribution in [1.29, 1.82) is 0 Å². The van der Waals surface area contributed by atoms with Gasteiger partial charge in [0.25, 0.3) is 0 Å². The lowest BCUT2D eigenvalue weighted by Gasteiger charge is -2.33. The summed E-state index contributed by atoms with van der Waals surface area (Å²) in [5.41, 5.74) is 11.8. The van der Waals surface area contributed by atoms with Crippen LogP contribution in [0.5, 0.6) is 5.75 Å². The van der Waals surface area contributed by atoms with Crippen LogP contribution in [0.2, 0.25) is 0 Å². The number of hydrogen-bond acceptors (Lipinski definition) is 6. The molecule has 1 amide bonds. The maximum atomic E-state index is 13.3. The van der Waals surface area contributed by atoms with Gasteiger partial charge in [-0.3, -0.25) is 9.78 Å². The molecule has 4 aromatic rings. The molecule has 1 fully saturated rings. The van der Waals surface area contributed by atoms with Crippen LogP contribution in [0.3, 0.4) is 0 Å². The van der Waals surface area contributed by atoms with Gasteiger partial charge in [-0.15, -0.1) is 0 Å². The molecule has 0 aliphatic carbocycles. The Bertz CT molecular complexity index is 1420. The van der Waals surface area contributed by atoms with E-state index in [0.29, 0.717) is 26.0 Å². The van der Waals surface area contributed by atoms with Crippen molar-refractivity contribution >= 4 is 16.9 Å². The molecule has 2 aromatic heterocycles. The van der Waals surface area contributed by atoms with Gasteiger partial charge in [0.1, 0.15) is 11.6 Å². The first-order valence-corrected chi connectivity index (χ1v) is 14.1. The number of para-hydroxylation sites is 2. The van der Waals surface area contributed by atoms with Crippen molar-refractivity contribution < 1.29 is 14.3 Å². The van der Waals surface area contributed by atoms with Gasteiger partial charge in [0.05, 0.1) is 24.3 Å². The minimum Gasteiger partial charge on any atom is -0.494 e. The van der Waals surface area contributed by atoms with E-state index in [9.17, 15) is 4.79 Å². The molecule has 8 heteroatoms. The van der Waals surface area contributed by atoms with Crippen molar-refractivity contribution in [2.24, 2.45) is 5.73 Å². The Morgan fingerprint density at radius 3 is 2.75 bits per heavy atom. The van der Waals surface area contributed by atoms with Gasteiger partial charge in [0.2, 0.25) is 5.91 Å². The lowest BCUT2D eigenvalue weighted by atomic mass is 9.95. The van der Waals surface area contributed by atoms with Crippen molar-refractivity contribution in [3.05, 3.63) is 78.4 Å². The molecule has 0 unspecified atom stereocenters. The Hall–Kier alpha value is -3.75. The third-order valence-corrected chi connectivity index (χ3v) is 7.76. The monoisotopic (exact) mass is 541 g/mol. The number of fused-ring (bicyclic) bond motifs is 1. The second kappa shape index (κ2) is 13.1. The summed E-state index contributed by atoms with van der Waals surface area (Å²) < 4.78 is 13.1. The molecule has 1 aliphatic rings. The third kappa shape index (κ3) is 6.35. The topological polar surface area (TPSA) is 95.5 Å². The molecule has 2 atom stereocenters. The van der Waals surface area contributed by atoms with E-state index < -0.39 is 0 Å². The van der Waals surface area contributed by atoms with Gasteiger partial charge < -0.3 is 24.7 Å². The maximum absolute atomic E-state index is 13.3. The zero-order valence-electron chi connectivity index (χ0n) is 23.5. The van der Waals surface area contributed by atoms with E-state index in [1.807, 2.05) is 17.0 Å². The van der Waals surface area contributed by atoms with E-state index in [-0.39, 0.29) is 17.9 Å². The van der Waals surface area contributed by atoms with E-state index in [1.165, 1.54) is 0 Å². The van der Waals surface area contributed by atoms with E-state index in [2.05, 4.69) is 52.0 Å². The normalized spacial score (nSPS) is 16.3. The molecule has 1 saturated heterocycles. The summed E-state index contributed by atoms with van der Waals surface area (Å²) in [4.78, 5) is 24.5. The highest BCUT2D eigenvalue weighted by Crippen LogP contribution is 2.31. The van der Waals surface area contributed by atoms with E-state index in [1.54, 1.807) is 26.6 Å². The second-order valence-corrected chi connectivity index (χ2v) is 10.6. The highest BCUT2D eigenvalue weighted by molar-refractivity contribution is 5.78. The number of rotatable bonds is 11. The first-order chi connectivity index (χ1) is 19.6. The molecule has 0 bridgehead atoms. The first-order valence-electron chi connectivity index (χ1n) is 14.1. The molecule has 2 N–H and O–H groups in total. The number of ether oxygens (including phenoxy) is 2. The molecular formula is C32H39N5O3. The number of aryl methyl sites for hydroxylation is 1. The zero-order valence-corrected chi connectivity index (χ0v) is 23.5. The van der Waals surface area contributed by atoms with Crippen LogP contribution >= 0.6 is 0 Å². The Labute approximate surface area is 236 Å². The number of benzene rings is 2. The number of carbonyl (C=O) groups is 1. The zero-order chi connectivity index (χ0) is 27.9. The van der Waals surface area contributed by atoms with Crippen molar-refractivity contribution in [1.82, 2.24) is 19.4 Å². The quantitative estimate of drug-likeness (QED) is 0.274. The fourth-order valence-electron chi connectivity index (χ4n) is 5.75. The van der Waals surface area contributed by atoms with Crippen molar-refractivity contribution in [2.45, 2.75) is 50.6 Å². The summed E-state index contributed by atoms with van der Waals surface area (Å²) in [6.07, 6.45) is 7.36. The van der Waals surface area contributed by atoms with Crippen LogP contribution in [0.25, 0.3) is 22.2 Å². The smallest absolute Gasteiger partial charge is 0.224 e. The minimum atomic E-state index is -0.243. The minimum absolute atomic E-state index is 0.123. The van der Waals surface area contributed by atoms with Gasteiger partial charge in [-0.25, -0.2) is 4.98 Å². The lowest BCUT2D eigenvalue weighted by molar-refractivity contribution is -0.132. The number of likely N-dealkylation sites (tertiary alicyclic amines) is 1. The van der Waals surface area contributed by atoms with Gasteiger partial charge in [-0.2, -0.15) is 0 Å². The summed E-state index contributed by atoms with van der Waals surface area (Å²) in [6, 6.07) is 18.3. The molecule has 0 saturated carbocycles. The molecule has 3 heterocycles. The molecule has 2 aromatic carbocycles. The van der Waals surface area contributed by atoms with Crippen LogP contribution < -0.4 is 10.5 Å². The van der Waals surface area contributed by atoms with Gasteiger partial charge in [0.15, 0.2) is 0 Å². The van der Waals surface area contributed by atoms with Gasteiger partial charge in [-0.05, 0) is 55.0 Å². The van der Waals surface area contributed by atoms with E-state index in [4.69, 9.17) is 20.2 Å². The van der Waals surface area contributed by atoms with Crippen LogP contribution in [-0.4, -0.2) is 65.3 Å². The fraction of sp³-hybridized carbons (Fsp3) is 0.406. The molecular weight excluding hydrogens is 502 g/mol. The number of hydrogen-bond donors (Lipinski definition) is 1. The number of nitrogens with zero attached hydrogens (tertiary/aromatic N) is 4. The lowest BCUT2D eigenvalue weighted by Crippen LogP contribution is -2.42. The summed E-state index contributed by atoms with van der Waals surface area (Å²) in [7, 11) is 3.38. The van der Waals surface area contributed by atoms with Crippen LogP contribution in [0.15, 0.2) is 67.0 Å². The van der Waals surface area contributed by atoms with Gasteiger partial charge >= 0.3 is 0 Å². The number of carbonyl (C=O) groups excluding carboxylic acids is 1. The van der Waals surface area contributed by atoms with Crippen molar-refractivity contribution in [2.75, 3.05) is 33.9 Å². The number of piperidine rings is 1. The molecule has 5 rings (SSSR count). The highest BCUT2D eigenvalue weighted by atomic mass is 16.5. The molecule has 8 nitrogen and oxygen atoms in total. The molecule has 0 spiro atoms. The number of pyridine rings is 1. The molecule has 1 aliphatic heterocycles. The number of aromatic nitrogens is 3. The summed E-state index contributed by atoms with van der Waals surface area (Å²) in [6.45, 7) is 3.02. The fourth-order valence-corrected chi connectivity index (χ4v) is 5.75. The Balaban J connectivity index is 1.21. The summed E-state index contributed by atoms with van der Waals surface area (Å²) >= 11 is 0. The van der Waals surface area contributed by atoms with Gasteiger partial charge in [0, 0.05) is 63.5 Å². The highest BCUT2D eigenvalue weighted by Gasteiger charge is 2.29. The largest absolute Gasteiger partial charge is 0.494 e. The Morgan fingerprint density at radius 1 is 1.12 bits per heavy atom. The van der Waals surface area contributed by atoms with E-state index >= 15 is 0 Å².